The Bertz CT molecular complexity index is 759. The Morgan fingerprint density at radius 3 is 2.91 bits per heavy atom. The van der Waals surface area contributed by atoms with E-state index in [-0.39, 0.29) is 11.0 Å². The van der Waals surface area contributed by atoms with Crippen LogP contribution in [0.15, 0.2) is 18.5 Å². The summed E-state index contributed by atoms with van der Waals surface area (Å²) in [6.07, 6.45) is 9.13. The van der Waals surface area contributed by atoms with Gasteiger partial charge in [-0.15, -0.1) is 0 Å². The second-order valence-corrected chi connectivity index (χ2v) is 8.67. The molecule has 0 spiro atoms. The minimum absolute atomic E-state index is 0.1000. The Morgan fingerprint density at radius 2 is 2.23 bits per heavy atom. The first-order valence-corrected chi connectivity index (χ1v) is 9.09. The molecule has 0 radical (unpaired) electrons. The molecule has 0 N–H and O–H groups in total. The van der Waals surface area contributed by atoms with Gasteiger partial charge in [0.25, 0.3) is 0 Å². The van der Waals surface area contributed by atoms with Crippen LogP contribution in [0.4, 0.5) is 0 Å². The minimum Gasteiger partial charge on any atom is -0.492 e. The van der Waals surface area contributed by atoms with Crippen molar-refractivity contribution in [2.24, 2.45) is 5.92 Å². The zero-order valence-corrected chi connectivity index (χ0v) is 14.8. The number of nitrogens with zero attached hydrogens (tertiary/aromatic N) is 2. The smallest absolute Gasteiger partial charge is 0.140 e. The molecule has 2 aliphatic carbocycles. The maximum absolute atomic E-state index is 5.97. The standard InChI is InChI=1S/C17H19IN2O2/c1-16-8-17(9-16,10-22-16)14-6-20-5-12(18)13(4-15(20)19-14)21-7-11-2-3-11/h4-6,11H,2-3,7-10H2,1H3. The first kappa shape index (κ1) is 13.6. The summed E-state index contributed by atoms with van der Waals surface area (Å²) in [5.41, 5.74) is 2.41. The lowest BCUT2D eigenvalue weighted by Gasteiger charge is -2.41. The topological polar surface area (TPSA) is 35.8 Å². The Morgan fingerprint density at radius 1 is 1.41 bits per heavy atom. The van der Waals surface area contributed by atoms with Crippen molar-refractivity contribution in [3.05, 3.63) is 27.7 Å². The third kappa shape index (κ3) is 2.01. The zero-order chi connectivity index (χ0) is 14.9. The predicted octanol–water partition coefficient (Wildman–Crippen LogP) is 3.55. The fraction of sp³-hybridized carbons (Fsp3) is 0.588. The number of aromatic nitrogens is 2. The summed E-state index contributed by atoms with van der Waals surface area (Å²) < 4.78 is 15.2. The summed E-state index contributed by atoms with van der Waals surface area (Å²) in [5.74, 6) is 1.74. The molecule has 0 atom stereocenters. The average molecular weight is 410 g/mol. The van der Waals surface area contributed by atoms with Gasteiger partial charge in [-0.05, 0) is 61.1 Å². The van der Waals surface area contributed by atoms with E-state index in [2.05, 4.69) is 52.4 Å². The molecule has 22 heavy (non-hydrogen) atoms. The van der Waals surface area contributed by atoms with Crippen LogP contribution in [0.2, 0.25) is 0 Å². The summed E-state index contributed by atoms with van der Waals surface area (Å²) in [6.45, 7) is 3.87. The maximum atomic E-state index is 5.97. The van der Waals surface area contributed by atoms with Crippen LogP contribution in [0, 0.1) is 9.49 Å². The zero-order valence-electron chi connectivity index (χ0n) is 12.6. The van der Waals surface area contributed by atoms with Gasteiger partial charge in [0.1, 0.15) is 11.4 Å². The molecule has 2 aromatic rings. The lowest BCUT2D eigenvalue weighted by atomic mass is 9.62. The molecule has 2 aliphatic heterocycles. The molecule has 5 heteroatoms. The Labute approximate surface area is 143 Å². The van der Waals surface area contributed by atoms with Crippen molar-refractivity contribution in [2.75, 3.05) is 13.2 Å². The number of pyridine rings is 1. The van der Waals surface area contributed by atoms with E-state index in [0.29, 0.717) is 0 Å². The van der Waals surface area contributed by atoms with Crippen LogP contribution >= 0.6 is 22.6 Å². The van der Waals surface area contributed by atoms with Gasteiger partial charge in [0, 0.05) is 23.9 Å². The van der Waals surface area contributed by atoms with Crippen molar-refractivity contribution in [1.29, 1.82) is 0 Å². The first-order valence-electron chi connectivity index (χ1n) is 8.01. The van der Waals surface area contributed by atoms with E-state index in [1.165, 1.54) is 18.5 Å². The number of imidazole rings is 1. The van der Waals surface area contributed by atoms with Crippen molar-refractivity contribution in [2.45, 2.75) is 43.6 Å². The van der Waals surface area contributed by atoms with Gasteiger partial charge in [0.05, 0.1) is 28.1 Å². The Hall–Kier alpha value is -0.820. The highest BCUT2D eigenvalue weighted by Gasteiger charge is 2.61. The SMILES string of the molecule is CC12CC(c3cn4cc(I)c(OCC5CC5)cc4n3)(CO1)C2. The van der Waals surface area contributed by atoms with Crippen LogP contribution in [0.3, 0.4) is 0 Å². The van der Waals surface area contributed by atoms with E-state index in [1.807, 2.05) is 0 Å². The van der Waals surface area contributed by atoms with Crippen LogP contribution in [0.1, 0.15) is 38.3 Å². The predicted molar refractivity (Wildman–Crippen MR) is 91.4 cm³/mol. The van der Waals surface area contributed by atoms with Crippen LogP contribution in [0.25, 0.3) is 5.65 Å². The van der Waals surface area contributed by atoms with E-state index in [1.54, 1.807) is 0 Å². The largest absolute Gasteiger partial charge is 0.492 e. The number of fused-ring (bicyclic) bond motifs is 2. The Balaban J connectivity index is 1.48. The molecule has 4 heterocycles. The van der Waals surface area contributed by atoms with Gasteiger partial charge >= 0.3 is 0 Å². The number of rotatable bonds is 4. The molecule has 2 saturated heterocycles. The molecular weight excluding hydrogens is 391 g/mol. The minimum atomic E-state index is 0.1000. The molecule has 0 unspecified atom stereocenters. The monoisotopic (exact) mass is 410 g/mol. The lowest BCUT2D eigenvalue weighted by Crippen LogP contribution is -2.45. The molecule has 2 bridgehead atoms. The quantitative estimate of drug-likeness (QED) is 0.724. The van der Waals surface area contributed by atoms with Crippen molar-refractivity contribution in [3.8, 4) is 5.75 Å². The van der Waals surface area contributed by atoms with Crippen LogP contribution in [0.5, 0.6) is 5.75 Å². The second kappa shape index (κ2) is 4.38. The normalized spacial score (nSPS) is 33.2. The molecule has 6 rings (SSSR count). The molecule has 2 saturated carbocycles. The summed E-state index contributed by atoms with van der Waals surface area (Å²) in [7, 11) is 0. The van der Waals surface area contributed by atoms with Crippen molar-refractivity contribution < 1.29 is 9.47 Å². The van der Waals surface area contributed by atoms with E-state index in [0.717, 1.165) is 46.9 Å². The maximum Gasteiger partial charge on any atom is 0.140 e. The van der Waals surface area contributed by atoms with Gasteiger partial charge in [-0.3, -0.25) is 0 Å². The summed E-state index contributed by atoms with van der Waals surface area (Å²) in [5, 5.41) is 0. The molecule has 4 nitrogen and oxygen atoms in total. The number of halogens is 1. The van der Waals surface area contributed by atoms with E-state index in [4.69, 9.17) is 14.5 Å². The lowest BCUT2D eigenvalue weighted by molar-refractivity contribution is 0.0154. The molecule has 2 aromatic heterocycles. The Kier molecular flexibility index (Phi) is 2.71. The van der Waals surface area contributed by atoms with Crippen molar-refractivity contribution in [1.82, 2.24) is 9.38 Å². The van der Waals surface area contributed by atoms with Gasteiger partial charge in [0.2, 0.25) is 0 Å². The van der Waals surface area contributed by atoms with Crippen LogP contribution < -0.4 is 4.74 Å². The number of hydrogen-bond donors (Lipinski definition) is 0. The third-order valence-corrected chi connectivity index (χ3v) is 6.16. The van der Waals surface area contributed by atoms with E-state index < -0.39 is 0 Å². The van der Waals surface area contributed by atoms with Crippen molar-refractivity contribution in [3.63, 3.8) is 0 Å². The number of hydrogen-bond acceptors (Lipinski definition) is 3. The first-order chi connectivity index (χ1) is 10.6. The van der Waals surface area contributed by atoms with Crippen LogP contribution in [-0.4, -0.2) is 28.2 Å². The highest BCUT2D eigenvalue weighted by Crippen LogP contribution is 2.58. The van der Waals surface area contributed by atoms with Gasteiger partial charge < -0.3 is 13.9 Å². The molecule has 0 aromatic carbocycles. The van der Waals surface area contributed by atoms with E-state index >= 15 is 0 Å². The molecule has 4 aliphatic rings. The average Bonchev–Trinajstić information content (AvgIpc) is 2.96. The van der Waals surface area contributed by atoms with Gasteiger partial charge in [-0.25, -0.2) is 4.98 Å². The summed E-state index contributed by atoms with van der Waals surface area (Å²) >= 11 is 2.35. The fourth-order valence-electron chi connectivity index (χ4n) is 4.00. The molecule has 0 amide bonds. The summed E-state index contributed by atoms with van der Waals surface area (Å²) in [6, 6.07) is 2.08. The second-order valence-electron chi connectivity index (χ2n) is 7.50. The van der Waals surface area contributed by atoms with Gasteiger partial charge in [-0.2, -0.15) is 0 Å². The van der Waals surface area contributed by atoms with Gasteiger partial charge in [0.15, 0.2) is 0 Å². The fourth-order valence-corrected chi connectivity index (χ4v) is 4.61. The van der Waals surface area contributed by atoms with Gasteiger partial charge in [-0.1, -0.05) is 0 Å². The number of ether oxygens (including phenoxy) is 2. The highest BCUT2D eigenvalue weighted by atomic mass is 127. The highest BCUT2D eigenvalue weighted by molar-refractivity contribution is 14.1. The van der Waals surface area contributed by atoms with E-state index in [9.17, 15) is 0 Å². The summed E-state index contributed by atoms with van der Waals surface area (Å²) in [4.78, 5) is 4.88. The van der Waals surface area contributed by atoms with Crippen LogP contribution in [-0.2, 0) is 10.2 Å². The molecular formula is C17H19IN2O2. The molecule has 116 valence electrons. The third-order valence-electron chi connectivity index (χ3n) is 5.35. The van der Waals surface area contributed by atoms with Crippen molar-refractivity contribution >= 4 is 28.2 Å². The molecule has 4 fully saturated rings.